The Hall–Kier alpha value is -2.33. The highest BCUT2D eigenvalue weighted by molar-refractivity contribution is 6.30. The van der Waals surface area contributed by atoms with Gasteiger partial charge in [0, 0.05) is 30.2 Å². The van der Waals surface area contributed by atoms with E-state index in [0.717, 1.165) is 22.4 Å². The van der Waals surface area contributed by atoms with Crippen LogP contribution in [0.3, 0.4) is 0 Å². The molecule has 2 amide bonds. The van der Waals surface area contributed by atoms with Gasteiger partial charge < -0.3 is 10.2 Å². The molecule has 4 nitrogen and oxygen atoms in total. The van der Waals surface area contributed by atoms with E-state index < -0.39 is 0 Å². The summed E-state index contributed by atoms with van der Waals surface area (Å²) in [7, 11) is 0. The molecule has 0 bridgehead atoms. The van der Waals surface area contributed by atoms with Crippen LogP contribution in [0.2, 0.25) is 5.02 Å². The Kier molecular flexibility index (Phi) is 5.09. The first kappa shape index (κ1) is 17.5. The van der Waals surface area contributed by atoms with Crippen LogP contribution >= 0.6 is 11.6 Å². The van der Waals surface area contributed by atoms with Crippen molar-refractivity contribution in [3.05, 3.63) is 64.2 Å². The molecule has 0 spiro atoms. The Bertz CT molecular complexity index is 819. The Morgan fingerprint density at radius 3 is 2.68 bits per heavy atom. The Morgan fingerprint density at radius 1 is 1.20 bits per heavy atom. The molecule has 1 fully saturated rings. The molecular weight excluding hydrogens is 336 g/mol. The minimum Gasteiger partial charge on any atom is -0.338 e. The Morgan fingerprint density at radius 2 is 1.96 bits per heavy atom. The van der Waals surface area contributed by atoms with Gasteiger partial charge in [0.25, 0.3) is 0 Å². The molecular formula is C20H21ClN2O2. The maximum absolute atomic E-state index is 12.5. The van der Waals surface area contributed by atoms with Crippen LogP contribution in [0.25, 0.3) is 0 Å². The van der Waals surface area contributed by atoms with Crippen molar-refractivity contribution >= 4 is 29.1 Å². The molecule has 1 saturated heterocycles. The lowest BCUT2D eigenvalue weighted by atomic mass is 10.1. The van der Waals surface area contributed by atoms with E-state index in [1.807, 2.05) is 38.1 Å². The van der Waals surface area contributed by atoms with Crippen LogP contribution < -0.4 is 5.32 Å². The molecule has 1 aliphatic heterocycles. The molecule has 0 saturated carbocycles. The fourth-order valence-corrected chi connectivity index (χ4v) is 3.32. The number of carbonyl (C=O) groups is 2. The third-order valence-electron chi connectivity index (χ3n) is 4.65. The summed E-state index contributed by atoms with van der Waals surface area (Å²) < 4.78 is 0. The van der Waals surface area contributed by atoms with E-state index in [4.69, 9.17) is 11.6 Å². The number of halogens is 1. The predicted octanol–water partition coefficient (Wildman–Crippen LogP) is 3.94. The fourth-order valence-electron chi connectivity index (χ4n) is 3.10. The van der Waals surface area contributed by atoms with Crippen LogP contribution in [0.1, 0.15) is 23.1 Å². The summed E-state index contributed by atoms with van der Waals surface area (Å²) in [6, 6.07) is 13.3. The lowest BCUT2D eigenvalue weighted by Crippen LogP contribution is -2.28. The molecule has 1 heterocycles. The van der Waals surface area contributed by atoms with Crippen molar-refractivity contribution in [2.75, 3.05) is 11.9 Å². The number of nitrogens with one attached hydrogen (secondary N) is 1. The topological polar surface area (TPSA) is 49.4 Å². The van der Waals surface area contributed by atoms with Gasteiger partial charge in [-0.05, 0) is 48.7 Å². The van der Waals surface area contributed by atoms with Crippen LogP contribution in [0.5, 0.6) is 0 Å². The number of rotatable bonds is 4. The van der Waals surface area contributed by atoms with Gasteiger partial charge in [-0.3, -0.25) is 9.59 Å². The summed E-state index contributed by atoms with van der Waals surface area (Å²) >= 11 is 5.94. The van der Waals surface area contributed by atoms with Crippen molar-refractivity contribution in [1.82, 2.24) is 4.90 Å². The largest absolute Gasteiger partial charge is 0.338 e. The van der Waals surface area contributed by atoms with E-state index in [2.05, 4.69) is 5.32 Å². The van der Waals surface area contributed by atoms with Crippen LogP contribution in [-0.2, 0) is 16.1 Å². The highest BCUT2D eigenvalue weighted by Gasteiger charge is 2.34. The molecule has 1 atom stereocenters. The van der Waals surface area contributed by atoms with E-state index in [0.29, 0.717) is 18.1 Å². The highest BCUT2D eigenvalue weighted by atomic mass is 35.5. The average Bonchev–Trinajstić information content (AvgIpc) is 2.93. The average molecular weight is 357 g/mol. The van der Waals surface area contributed by atoms with Gasteiger partial charge in [-0.2, -0.15) is 0 Å². The summed E-state index contributed by atoms with van der Waals surface area (Å²) in [5.41, 5.74) is 3.91. The number of anilines is 1. The lowest BCUT2D eigenvalue weighted by Gasteiger charge is -2.18. The molecule has 3 rings (SSSR count). The first-order valence-corrected chi connectivity index (χ1v) is 8.71. The fraction of sp³-hybridized carbons (Fsp3) is 0.300. The molecule has 0 aliphatic carbocycles. The molecule has 2 aromatic rings. The Balaban J connectivity index is 1.65. The number of carbonyl (C=O) groups excluding carboxylic acids is 2. The van der Waals surface area contributed by atoms with Crippen molar-refractivity contribution in [3.63, 3.8) is 0 Å². The first-order chi connectivity index (χ1) is 11.9. The number of benzene rings is 2. The van der Waals surface area contributed by atoms with Crippen molar-refractivity contribution < 1.29 is 9.59 Å². The summed E-state index contributed by atoms with van der Waals surface area (Å²) in [6.07, 6.45) is 0.254. The number of likely N-dealkylation sites (tertiary alicyclic amines) is 1. The van der Waals surface area contributed by atoms with Crippen LogP contribution in [-0.4, -0.2) is 23.3 Å². The number of hydrogen-bond donors (Lipinski definition) is 1. The summed E-state index contributed by atoms with van der Waals surface area (Å²) in [5.74, 6) is -0.422. The van der Waals surface area contributed by atoms with Crippen LogP contribution in [0, 0.1) is 19.8 Å². The summed E-state index contributed by atoms with van der Waals surface area (Å²) in [5, 5.41) is 3.55. The van der Waals surface area contributed by atoms with Gasteiger partial charge in [-0.15, -0.1) is 0 Å². The standard InChI is InChI=1S/C20H21ClN2O2/c1-13-5-3-4-6-15(13)11-23-12-16(10-19(23)24)20(25)22-18-8-7-17(21)9-14(18)2/h3-9,16H,10-12H2,1-2H3,(H,22,25). The summed E-state index contributed by atoms with van der Waals surface area (Å²) in [6.45, 7) is 4.93. The Labute approximate surface area is 152 Å². The van der Waals surface area contributed by atoms with Gasteiger partial charge in [0.05, 0.1) is 5.92 Å². The molecule has 1 N–H and O–H groups in total. The zero-order valence-electron chi connectivity index (χ0n) is 14.4. The van der Waals surface area contributed by atoms with E-state index >= 15 is 0 Å². The monoisotopic (exact) mass is 356 g/mol. The molecule has 0 radical (unpaired) electrons. The number of hydrogen-bond acceptors (Lipinski definition) is 2. The summed E-state index contributed by atoms with van der Waals surface area (Å²) in [4.78, 5) is 26.6. The van der Waals surface area contributed by atoms with Crippen molar-refractivity contribution in [2.45, 2.75) is 26.8 Å². The third kappa shape index (κ3) is 4.02. The van der Waals surface area contributed by atoms with E-state index in [9.17, 15) is 9.59 Å². The van der Waals surface area contributed by atoms with Crippen molar-refractivity contribution in [2.24, 2.45) is 5.92 Å². The minimum atomic E-state index is -0.327. The van der Waals surface area contributed by atoms with Crippen molar-refractivity contribution in [1.29, 1.82) is 0 Å². The smallest absolute Gasteiger partial charge is 0.229 e. The zero-order valence-corrected chi connectivity index (χ0v) is 15.1. The maximum atomic E-state index is 12.5. The molecule has 1 aliphatic rings. The maximum Gasteiger partial charge on any atom is 0.229 e. The highest BCUT2D eigenvalue weighted by Crippen LogP contribution is 2.25. The van der Waals surface area contributed by atoms with Crippen molar-refractivity contribution in [3.8, 4) is 0 Å². The van der Waals surface area contributed by atoms with Gasteiger partial charge in [0.1, 0.15) is 0 Å². The van der Waals surface area contributed by atoms with Gasteiger partial charge >= 0.3 is 0 Å². The quantitative estimate of drug-likeness (QED) is 0.901. The van der Waals surface area contributed by atoms with E-state index in [1.54, 1.807) is 23.1 Å². The second-order valence-electron chi connectivity index (χ2n) is 6.55. The SMILES string of the molecule is Cc1ccccc1CN1CC(C(=O)Nc2ccc(Cl)cc2C)CC1=O. The van der Waals surface area contributed by atoms with Crippen LogP contribution in [0.15, 0.2) is 42.5 Å². The van der Waals surface area contributed by atoms with E-state index in [-0.39, 0.29) is 24.2 Å². The number of aryl methyl sites for hydroxylation is 2. The molecule has 5 heteroatoms. The first-order valence-electron chi connectivity index (χ1n) is 8.33. The predicted molar refractivity (Wildman–Crippen MR) is 99.5 cm³/mol. The van der Waals surface area contributed by atoms with Gasteiger partial charge in [0.2, 0.25) is 11.8 Å². The molecule has 25 heavy (non-hydrogen) atoms. The minimum absolute atomic E-state index is 0.0243. The lowest BCUT2D eigenvalue weighted by molar-refractivity contribution is -0.128. The van der Waals surface area contributed by atoms with Gasteiger partial charge in [0.15, 0.2) is 0 Å². The number of amides is 2. The third-order valence-corrected chi connectivity index (χ3v) is 4.89. The number of nitrogens with zero attached hydrogens (tertiary/aromatic N) is 1. The van der Waals surface area contributed by atoms with Gasteiger partial charge in [-0.1, -0.05) is 35.9 Å². The molecule has 2 aromatic carbocycles. The van der Waals surface area contributed by atoms with Crippen LogP contribution in [0.4, 0.5) is 5.69 Å². The second kappa shape index (κ2) is 7.28. The van der Waals surface area contributed by atoms with Gasteiger partial charge in [-0.25, -0.2) is 0 Å². The molecule has 1 unspecified atom stereocenters. The molecule has 130 valence electrons. The second-order valence-corrected chi connectivity index (χ2v) is 6.99. The normalized spacial score (nSPS) is 17.0. The zero-order chi connectivity index (χ0) is 18.0. The van der Waals surface area contributed by atoms with E-state index in [1.165, 1.54) is 0 Å². The molecule has 0 aromatic heterocycles.